The molecule has 0 amide bonds. The van der Waals surface area contributed by atoms with Gasteiger partial charge in [-0.15, -0.1) is 0 Å². The van der Waals surface area contributed by atoms with Crippen LogP contribution in [0.4, 0.5) is 0 Å². The van der Waals surface area contributed by atoms with Crippen molar-refractivity contribution in [1.82, 2.24) is 10.6 Å². The van der Waals surface area contributed by atoms with E-state index in [-0.39, 0.29) is 5.54 Å². The average Bonchev–Trinajstić information content (AvgIpc) is 2.51. The van der Waals surface area contributed by atoms with Crippen LogP contribution in [0, 0.1) is 11.8 Å². The molecule has 2 saturated heterocycles. The van der Waals surface area contributed by atoms with E-state index in [0.29, 0.717) is 5.54 Å². The Balaban J connectivity index is 1.71. The summed E-state index contributed by atoms with van der Waals surface area (Å²) < 4.78 is 0. The zero-order valence-corrected chi connectivity index (χ0v) is 18.3. The van der Waals surface area contributed by atoms with Crippen molar-refractivity contribution >= 4 is 23.5 Å². The molecule has 2 atom stereocenters. The maximum absolute atomic E-state index is 3.92. The van der Waals surface area contributed by atoms with Crippen LogP contribution in [0.2, 0.25) is 0 Å². The molecule has 2 rings (SSSR count). The van der Waals surface area contributed by atoms with Crippen LogP contribution in [0.25, 0.3) is 0 Å². The fourth-order valence-corrected chi connectivity index (χ4v) is 6.49. The maximum Gasteiger partial charge on any atom is 0.0175 e. The number of rotatable bonds is 7. The Morgan fingerprint density at radius 3 is 2.17 bits per heavy atom. The van der Waals surface area contributed by atoms with Gasteiger partial charge < -0.3 is 10.6 Å². The first kappa shape index (κ1) is 20.9. The third-order valence-corrected chi connectivity index (χ3v) is 7.70. The highest BCUT2D eigenvalue weighted by atomic mass is 32.2. The molecule has 2 heterocycles. The molecule has 142 valence electrons. The number of hydrogen-bond acceptors (Lipinski definition) is 4. The lowest BCUT2D eigenvalue weighted by molar-refractivity contribution is 0.257. The average molecular weight is 373 g/mol. The van der Waals surface area contributed by atoms with Gasteiger partial charge in [-0.2, -0.15) is 23.5 Å². The second-order valence-electron chi connectivity index (χ2n) is 9.54. The fraction of sp³-hybridized carbons (Fsp3) is 1.00. The van der Waals surface area contributed by atoms with Crippen molar-refractivity contribution in [3.05, 3.63) is 0 Å². The third-order valence-electron chi connectivity index (χ3n) is 5.35. The van der Waals surface area contributed by atoms with Crippen molar-refractivity contribution in [2.45, 2.75) is 83.1 Å². The summed E-state index contributed by atoms with van der Waals surface area (Å²) in [6, 6.07) is 0. The van der Waals surface area contributed by atoms with Crippen LogP contribution in [0.15, 0.2) is 0 Å². The number of nitrogens with one attached hydrogen (secondary N) is 2. The van der Waals surface area contributed by atoms with Crippen LogP contribution in [-0.2, 0) is 0 Å². The van der Waals surface area contributed by atoms with E-state index in [9.17, 15) is 0 Å². The molecule has 0 spiro atoms. The standard InChI is InChI=1S/C20H40N2S2/c1-19(2,3)21-15-18-12-17(8-11-24-18)13-20(4,5)22-14-16-6-9-23-10-7-16/h16-18,21-22H,6-15H2,1-5H3. The predicted octanol–water partition coefficient (Wildman–Crippen LogP) is 4.79. The zero-order valence-electron chi connectivity index (χ0n) is 16.6. The van der Waals surface area contributed by atoms with Gasteiger partial charge in [0.15, 0.2) is 0 Å². The lowest BCUT2D eigenvalue weighted by Gasteiger charge is -2.37. The van der Waals surface area contributed by atoms with Gasteiger partial charge in [0.05, 0.1) is 0 Å². The Hall–Kier alpha value is 0.620. The summed E-state index contributed by atoms with van der Waals surface area (Å²) in [5.74, 6) is 5.89. The molecule has 0 aromatic heterocycles. The lowest BCUT2D eigenvalue weighted by atomic mass is 9.85. The molecule has 0 saturated carbocycles. The minimum Gasteiger partial charge on any atom is -0.312 e. The maximum atomic E-state index is 3.92. The van der Waals surface area contributed by atoms with Gasteiger partial charge in [0.25, 0.3) is 0 Å². The SMILES string of the molecule is CC(C)(C)NCC1CC(CC(C)(C)NCC2CCSCC2)CCS1. The second kappa shape index (κ2) is 9.53. The summed E-state index contributed by atoms with van der Waals surface area (Å²) in [6.45, 7) is 14.1. The molecule has 24 heavy (non-hydrogen) atoms. The van der Waals surface area contributed by atoms with Gasteiger partial charge in [-0.05, 0) is 102 Å². The normalized spacial score (nSPS) is 27.4. The Kier molecular flexibility index (Phi) is 8.31. The second-order valence-corrected chi connectivity index (χ2v) is 12.2. The van der Waals surface area contributed by atoms with Crippen molar-refractivity contribution in [2.24, 2.45) is 11.8 Å². The highest BCUT2D eigenvalue weighted by Crippen LogP contribution is 2.34. The molecule has 0 bridgehead atoms. The molecular weight excluding hydrogens is 332 g/mol. The van der Waals surface area contributed by atoms with E-state index in [2.05, 4.69) is 68.8 Å². The monoisotopic (exact) mass is 372 g/mol. The zero-order chi connectivity index (χ0) is 17.6. The molecule has 0 aliphatic carbocycles. The Labute approximate surface area is 159 Å². The van der Waals surface area contributed by atoms with E-state index in [1.165, 1.54) is 55.9 Å². The minimum absolute atomic E-state index is 0.243. The third kappa shape index (κ3) is 8.33. The summed E-state index contributed by atoms with van der Waals surface area (Å²) in [5.41, 5.74) is 0.534. The first-order valence-electron chi connectivity index (χ1n) is 9.93. The van der Waals surface area contributed by atoms with E-state index in [0.717, 1.165) is 23.6 Å². The largest absolute Gasteiger partial charge is 0.312 e. The van der Waals surface area contributed by atoms with Crippen molar-refractivity contribution in [2.75, 3.05) is 30.3 Å². The Morgan fingerprint density at radius 2 is 1.50 bits per heavy atom. The Morgan fingerprint density at radius 1 is 0.833 bits per heavy atom. The van der Waals surface area contributed by atoms with Gasteiger partial charge in [-0.25, -0.2) is 0 Å². The van der Waals surface area contributed by atoms with Crippen molar-refractivity contribution in [3.8, 4) is 0 Å². The first-order valence-corrected chi connectivity index (χ1v) is 12.1. The molecule has 2 aliphatic heterocycles. The topological polar surface area (TPSA) is 24.1 Å². The summed E-state index contributed by atoms with van der Waals surface area (Å²) >= 11 is 4.32. The smallest absolute Gasteiger partial charge is 0.0175 e. The van der Waals surface area contributed by atoms with Gasteiger partial charge in [0.1, 0.15) is 0 Å². The van der Waals surface area contributed by atoms with Crippen molar-refractivity contribution in [1.29, 1.82) is 0 Å². The molecule has 2 fully saturated rings. The molecule has 0 aromatic rings. The summed E-state index contributed by atoms with van der Waals surface area (Å²) in [7, 11) is 0. The highest BCUT2D eigenvalue weighted by molar-refractivity contribution is 8.00. The predicted molar refractivity (Wildman–Crippen MR) is 113 cm³/mol. The van der Waals surface area contributed by atoms with Crippen molar-refractivity contribution in [3.63, 3.8) is 0 Å². The van der Waals surface area contributed by atoms with Gasteiger partial charge in [0.2, 0.25) is 0 Å². The lowest BCUT2D eigenvalue weighted by Crippen LogP contribution is -2.45. The molecule has 0 aromatic carbocycles. The van der Waals surface area contributed by atoms with Gasteiger partial charge in [-0.3, -0.25) is 0 Å². The Bertz CT molecular complexity index is 359. The van der Waals surface area contributed by atoms with E-state index in [1.807, 2.05) is 0 Å². The molecule has 2 aliphatic rings. The fourth-order valence-electron chi connectivity index (χ4n) is 3.87. The van der Waals surface area contributed by atoms with Crippen LogP contribution in [0.1, 0.15) is 66.7 Å². The summed E-state index contributed by atoms with van der Waals surface area (Å²) in [5, 5.41) is 8.42. The number of hydrogen-bond donors (Lipinski definition) is 2. The summed E-state index contributed by atoms with van der Waals surface area (Å²) in [6.07, 6.45) is 6.95. The van der Waals surface area contributed by atoms with E-state index in [4.69, 9.17) is 0 Å². The summed E-state index contributed by atoms with van der Waals surface area (Å²) in [4.78, 5) is 0. The van der Waals surface area contributed by atoms with Gasteiger partial charge >= 0.3 is 0 Å². The highest BCUT2D eigenvalue weighted by Gasteiger charge is 2.29. The van der Waals surface area contributed by atoms with Gasteiger partial charge in [-0.1, -0.05) is 0 Å². The molecule has 4 heteroatoms. The van der Waals surface area contributed by atoms with Gasteiger partial charge in [0, 0.05) is 22.9 Å². The van der Waals surface area contributed by atoms with Crippen LogP contribution >= 0.6 is 23.5 Å². The van der Waals surface area contributed by atoms with Crippen LogP contribution in [0.3, 0.4) is 0 Å². The van der Waals surface area contributed by atoms with Crippen LogP contribution in [-0.4, -0.2) is 46.7 Å². The molecule has 2 nitrogen and oxygen atoms in total. The molecular formula is C20H40N2S2. The molecule has 2 unspecified atom stereocenters. The molecule has 0 radical (unpaired) electrons. The van der Waals surface area contributed by atoms with E-state index < -0.39 is 0 Å². The molecule has 2 N–H and O–H groups in total. The van der Waals surface area contributed by atoms with E-state index >= 15 is 0 Å². The van der Waals surface area contributed by atoms with Crippen LogP contribution < -0.4 is 10.6 Å². The quantitative estimate of drug-likeness (QED) is 0.671. The first-order chi connectivity index (χ1) is 11.2. The number of thioether (sulfide) groups is 2. The van der Waals surface area contributed by atoms with Crippen LogP contribution in [0.5, 0.6) is 0 Å². The van der Waals surface area contributed by atoms with E-state index in [1.54, 1.807) is 0 Å². The minimum atomic E-state index is 0.243. The van der Waals surface area contributed by atoms with Crippen molar-refractivity contribution < 1.29 is 0 Å².